The van der Waals surface area contributed by atoms with Crippen molar-refractivity contribution in [1.29, 1.82) is 0 Å². The molecule has 33 heavy (non-hydrogen) atoms. The van der Waals surface area contributed by atoms with Crippen LogP contribution in [0.25, 0.3) is 0 Å². The van der Waals surface area contributed by atoms with Crippen molar-refractivity contribution >= 4 is 33.2 Å². The summed E-state index contributed by atoms with van der Waals surface area (Å²) in [5, 5.41) is 5.47. The molecular formula is C24H26N4O4S. The molecule has 9 heteroatoms. The third-order valence-corrected chi connectivity index (χ3v) is 6.07. The summed E-state index contributed by atoms with van der Waals surface area (Å²) in [6.45, 7) is 3.49. The molecule has 2 amide bonds. The molecule has 0 atom stereocenters. The second kappa shape index (κ2) is 10.3. The first-order valence-electron chi connectivity index (χ1n) is 10.3. The first kappa shape index (κ1) is 23.9. The zero-order chi connectivity index (χ0) is 24.0. The van der Waals surface area contributed by atoms with Crippen LogP contribution in [0.3, 0.4) is 0 Å². The molecule has 3 rings (SSSR count). The van der Waals surface area contributed by atoms with Crippen LogP contribution in [0.15, 0.2) is 67.0 Å². The van der Waals surface area contributed by atoms with E-state index in [9.17, 15) is 18.0 Å². The lowest BCUT2D eigenvalue weighted by Gasteiger charge is -2.24. The SMILES string of the molecule is Cc1ccc(C)c(N(CC(=O)Nc2ccccc2C(=O)NCc2cccnc2)S(C)(=O)=O)c1. The van der Waals surface area contributed by atoms with Crippen LogP contribution in [0.2, 0.25) is 0 Å². The van der Waals surface area contributed by atoms with Crippen LogP contribution in [-0.4, -0.2) is 38.0 Å². The molecule has 2 aromatic carbocycles. The number of carbonyl (C=O) groups is 2. The van der Waals surface area contributed by atoms with Crippen LogP contribution in [0.1, 0.15) is 27.0 Å². The number of pyridine rings is 1. The Labute approximate surface area is 193 Å². The maximum Gasteiger partial charge on any atom is 0.253 e. The second-order valence-corrected chi connectivity index (χ2v) is 9.60. The third kappa shape index (κ3) is 6.39. The van der Waals surface area contributed by atoms with Gasteiger partial charge >= 0.3 is 0 Å². The quantitative estimate of drug-likeness (QED) is 0.531. The molecule has 0 radical (unpaired) electrons. The van der Waals surface area contributed by atoms with Gasteiger partial charge in [0.2, 0.25) is 15.9 Å². The van der Waals surface area contributed by atoms with Gasteiger partial charge in [-0.3, -0.25) is 18.9 Å². The number of para-hydroxylation sites is 1. The molecule has 0 bridgehead atoms. The van der Waals surface area contributed by atoms with Gasteiger partial charge in [-0.05, 0) is 54.8 Å². The van der Waals surface area contributed by atoms with Crippen molar-refractivity contribution in [3.63, 3.8) is 0 Å². The van der Waals surface area contributed by atoms with Gasteiger partial charge in [-0.15, -0.1) is 0 Å². The van der Waals surface area contributed by atoms with E-state index in [2.05, 4.69) is 15.6 Å². The number of sulfonamides is 1. The summed E-state index contributed by atoms with van der Waals surface area (Å²) in [4.78, 5) is 29.6. The predicted octanol–water partition coefficient (Wildman–Crippen LogP) is 3.03. The highest BCUT2D eigenvalue weighted by molar-refractivity contribution is 7.92. The Morgan fingerprint density at radius 1 is 1.03 bits per heavy atom. The van der Waals surface area contributed by atoms with E-state index < -0.39 is 22.5 Å². The van der Waals surface area contributed by atoms with Gasteiger partial charge in [0.05, 0.1) is 23.2 Å². The number of benzene rings is 2. The van der Waals surface area contributed by atoms with Crippen molar-refractivity contribution in [2.75, 3.05) is 22.4 Å². The van der Waals surface area contributed by atoms with Crippen LogP contribution in [-0.2, 0) is 21.4 Å². The standard InChI is InChI=1S/C24H26N4O4S/c1-17-10-11-18(2)22(13-17)28(33(3,31)32)16-23(29)27-21-9-5-4-8-20(21)24(30)26-15-19-7-6-12-25-14-19/h4-14H,15-16H2,1-3H3,(H,26,30)(H,27,29). The monoisotopic (exact) mass is 466 g/mol. The number of aromatic nitrogens is 1. The van der Waals surface area contributed by atoms with Gasteiger partial charge in [0.25, 0.3) is 5.91 Å². The van der Waals surface area contributed by atoms with Gasteiger partial charge in [0.15, 0.2) is 0 Å². The number of anilines is 2. The summed E-state index contributed by atoms with van der Waals surface area (Å²) in [5.41, 5.74) is 3.45. The lowest BCUT2D eigenvalue weighted by Crippen LogP contribution is -2.38. The number of rotatable bonds is 8. The summed E-state index contributed by atoms with van der Waals surface area (Å²) >= 11 is 0. The van der Waals surface area contributed by atoms with Crippen molar-refractivity contribution in [2.24, 2.45) is 0 Å². The summed E-state index contributed by atoms with van der Waals surface area (Å²) in [7, 11) is -3.72. The highest BCUT2D eigenvalue weighted by Crippen LogP contribution is 2.24. The molecular weight excluding hydrogens is 440 g/mol. The fraction of sp³-hybridized carbons (Fsp3) is 0.208. The smallest absolute Gasteiger partial charge is 0.253 e. The molecule has 0 saturated heterocycles. The van der Waals surface area contributed by atoms with Gasteiger partial charge in [-0.1, -0.05) is 30.3 Å². The maximum absolute atomic E-state index is 12.8. The van der Waals surface area contributed by atoms with Crippen LogP contribution in [0.5, 0.6) is 0 Å². The molecule has 0 aliphatic heterocycles. The first-order chi connectivity index (χ1) is 15.6. The predicted molar refractivity (Wildman–Crippen MR) is 129 cm³/mol. The van der Waals surface area contributed by atoms with Crippen molar-refractivity contribution in [2.45, 2.75) is 20.4 Å². The molecule has 0 aliphatic rings. The first-order valence-corrected chi connectivity index (χ1v) is 12.1. The minimum absolute atomic E-state index is 0.271. The molecule has 0 unspecified atom stereocenters. The number of carbonyl (C=O) groups excluding carboxylic acids is 2. The number of amides is 2. The van der Waals surface area contributed by atoms with Crippen LogP contribution < -0.4 is 14.9 Å². The lowest BCUT2D eigenvalue weighted by atomic mass is 10.1. The zero-order valence-electron chi connectivity index (χ0n) is 18.7. The number of nitrogens with one attached hydrogen (secondary N) is 2. The van der Waals surface area contributed by atoms with E-state index in [4.69, 9.17) is 0 Å². The Kier molecular flexibility index (Phi) is 7.44. The largest absolute Gasteiger partial charge is 0.348 e. The van der Waals surface area contributed by atoms with E-state index in [1.54, 1.807) is 55.7 Å². The molecule has 0 fully saturated rings. The average molecular weight is 467 g/mol. The Morgan fingerprint density at radius 2 is 1.79 bits per heavy atom. The van der Waals surface area contributed by atoms with E-state index in [1.807, 2.05) is 25.1 Å². The molecule has 1 heterocycles. The summed E-state index contributed by atoms with van der Waals surface area (Å²) < 4.78 is 26.0. The maximum atomic E-state index is 12.8. The molecule has 0 spiro atoms. The topological polar surface area (TPSA) is 108 Å². The molecule has 2 N–H and O–H groups in total. The Hall–Kier alpha value is -3.72. The van der Waals surface area contributed by atoms with E-state index >= 15 is 0 Å². The van der Waals surface area contributed by atoms with Gasteiger partial charge in [-0.25, -0.2) is 8.42 Å². The van der Waals surface area contributed by atoms with Gasteiger partial charge in [-0.2, -0.15) is 0 Å². The fourth-order valence-corrected chi connectivity index (χ4v) is 4.17. The average Bonchev–Trinajstić information content (AvgIpc) is 2.78. The molecule has 0 saturated carbocycles. The summed E-state index contributed by atoms with van der Waals surface area (Å²) in [6.07, 6.45) is 4.36. The normalized spacial score (nSPS) is 11.0. The molecule has 8 nitrogen and oxygen atoms in total. The third-order valence-electron chi connectivity index (χ3n) is 4.94. The van der Waals surface area contributed by atoms with Crippen LogP contribution in [0, 0.1) is 13.8 Å². The number of nitrogens with zero attached hydrogens (tertiary/aromatic N) is 2. The van der Waals surface area contributed by atoms with Crippen molar-refractivity contribution in [3.8, 4) is 0 Å². The van der Waals surface area contributed by atoms with E-state index in [0.717, 1.165) is 27.3 Å². The highest BCUT2D eigenvalue weighted by Gasteiger charge is 2.23. The summed E-state index contributed by atoms with van der Waals surface area (Å²) in [5.74, 6) is -0.932. The molecule has 0 aliphatic carbocycles. The zero-order valence-corrected chi connectivity index (χ0v) is 19.5. The number of hydrogen-bond donors (Lipinski definition) is 2. The lowest BCUT2D eigenvalue weighted by molar-refractivity contribution is -0.114. The molecule has 172 valence electrons. The minimum atomic E-state index is -3.72. The van der Waals surface area contributed by atoms with Crippen molar-refractivity contribution in [3.05, 3.63) is 89.2 Å². The van der Waals surface area contributed by atoms with Crippen LogP contribution in [0.4, 0.5) is 11.4 Å². The van der Waals surface area contributed by atoms with Gasteiger partial charge < -0.3 is 10.6 Å². The van der Waals surface area contributed by atoms with Crippen molar-refractivity contribution < 1.29 is 18.0 Å². The van der Waals surface area contributed by atoms with E-state index in [1.165, 1.54) is 0 Å². The Morgan fingerprint density at radius 3 is 2.48 bits per heavy atom. The summed E-state index contributed by atoms with van der Waals surface area (Å²) in [6, 6.07) is 15.6. The Bertz CT molecular complexity index is 1260. The second-order valence-electron chi connectivity index (χ2n) is 7.70. The van der Waals surface area contributed by atoms with Crippen molar-refractivity contribution in [1.82, 2.24) is 10.3 Å². The Balaban J connectivity index is 1.77. The molecule has 1 aromatic heterocycles. The highest BCUT2D eigenvalue weighted by atomic mass is 32.2. The van der Waals surface area contributed by atoms with Gasteiger partial charge in [0.1, 0.15) is 6.54 Å². The number of aryl methyl sites for hydroxylation is 2. The minimum Gasteiger partial charge on any atom is -0.348 e. The van der Waals surface area contributed by atoms with E-state index in [-0.39, 0.29) is 18.0 Å². The van der Waals surface area contributed by atoms with E-state index in [0.29, 0.717) is 11.4 Å². The molecule has 3 aromatic rings. The van der Waals surface area contributed by atoms with Crippen LogP contribution >= 0.6 is 0 Å². The number of hydrogen-bond acceptors (Lipinski definition) is 5. The fourth-order valence-electron chi connectivity index (χ4n) is 3.26. The van der Waals surface area contributed by atoms with Gasteiger partial charge in [0, 0.05) is 18.9 Å².